The van der Waals surface area contributed by atoms with Gasteiger partial charge in [0.05, 0.1) is 12.8 Å². The Kier molecular flexibility index (Phi) is 4.21. The van der Waals surface area contributed by atoms with Gasteiger partial charge in [-0.05, 0) is 42.4 Å². The van der Waals surface area contributed by atoms with Crippen molar-refractivity contribution in [3.63, 3.8) is 0 Å². The Labute approximate surface area is 128 Å². The van der Waals surface area contributed by atoms with Crippen molar-refractivity contribution in [1.82, 2.24) is 15.6 Å². The van der Waals surface area contributed by atoms with Gasteiger partial charge in [-0.3, -0.25) is 0 Å². The molecule has 21 heavy (non-hydrogen) atoms. The molecule has 108 valence electrons. The monoisotopic (exact) mass is 299 g/mol. The van der Waals surface area contributed by atoms with Crippen LogP contribution in [0.5, 0.6) is 0 Å². The summed E-state index contributed by atoms with van der Waals surface area (Å²) in [6.07, 6.45) is 4.64. The highest BCUT2D eigenvalue weighted by molar-refractivity contribution is 7.80. The Balaban J connectivity index is 1.46. The molecule has 3 N–H and O–H groups in total. The molecule has 0 aliphatic heterocycles. The number of furan rings is 1. The van der Waals surface area contributed by atoms with E-state index in [2.05, 4.69) is 40.0 Å². The Morgan fingerprint density at radius 2 is 2.05 bits per heavy atom. The molecular weight excluding hydrogens is 282 g/mol. The smallest absolute Gasteiger partial charge is 0.166 e. The maximum atomic E-state index is 5.25. The van der Waals surface area contributed by atoms with Gasteiger partial charge in [-0.15, -0.1) is 0 Å². The van der Waals surface area contributed by atoms with Crippen molar-refractivity contribution >= 4 is 28.2 Å². The van der Waals surface area contributed by atoms with Crippen LogP contribution in [0.25, 0.3) is 10.9 Å². The number of H-pyrrole nitrogens is 1. The van der Waals surface area contributed by atoms with Gasteiger partial charge in [0, 0.05) is 23.6 Å². The fourth-order valence-electron chi connectivity index (χ4n) is 2.29. The van der Waals surface area contributed by atoms with Crippen molar-refractivity contribution in [2.75, 3.05) is 6.54 Å². The molecule has 5 heteroatoms. The van der Waals surface area contributed by atoms with Crippen LogP contribution in [0.15, 0.2) is 53.3 Å². The number of nitrogens with one attached hydrogen (secondary N) is 3. The van der Waals surface area contributed by atoms with Gasteiger partial charge < -0.3 is 20.0 Å². The van der Waals surface area contributed by atoms with E-state index >= 15 is 0 Å². The quantitative estimate of drug-likeness (QED) is 0.634. The first-order valence-electron chi connectivity index (χ1n) is 6.92. The number of rotatable bonds is 5. The molecule has 0 fully saturated rings. The van der Waals surface area contributed by atoms with E-state index in [0.717, 1.165) is 18.7 Å². The highest BCUT2D eigenvalue weighted by Gasteiger charge is 2.03. The summed E-state index contributed by atoms with van der Waals surface area (Å²) < 4.78 is 5.24. The van der Waals surface area contributed by atoms with Crippen LogP contribution in [-0.2, 0) is 13.0 Å². The summed E-state index contributed by atoms with van der Waals surface area (Å²) in [5, 5.41) is 8.25. The topological polar surface area (TPSA) is 53.0 Å². The first kappa shape index (κ1) is 13.7. The lowest BCUT2D eigenvalue weighted by Crippen LogP contribution is -2.35. The third kappa shape index (κ3) is 3.44. The van der Waals surface area contributed by atoms with Crippen molar-refractivity contribution in [1.29, 1.82) is 0 Å². The van der Waals surface area contributed by atoms with Crippen LogP contribution in [0.2, 0.25) is 0 Å². The van der Waals surface area contributed by atoms with E-state index in [1.807, 2.05) is 18.2 Å². The summed E-state index contributed by atoms with van der Waals surface area (Å²) in [4.78, 5) is 3.28. The van der Waals surface area contributed by atoms with Crippen LogP contribution in [0, 0.1) is 0 Å². The molecule has 2 aromatic heterocycles. The van der Waals surface area contributed by atoms with Gasteiger partial charge >= 0.3 is 0 Å². The highest BCUT2D eigenvalue weighted by Crippen LogP contribution is 2.17. The first-order valence-corrected chi connectivity index (χ1v) is 7.33. The molecule has 0 spiro atoms. The fraction of sp³-hybridized carbons (Fsp3) is 0.188. The van der Waals surface area contributed by atoms with Gasteiger partial charge in [0.2, 0.25) is 0 Å². The fourth-order valence-corrected chi connectivity index (χ4v) is 2.47. The van der Waals surface area contributed by atoms with Gasteiger partial charge in [-0.1, -0.05) is 18.2 Å². The normalized spacial score (nSPS) is 10.7. The van der Waals surface area contributed by atoms with Gasteiger partial charge in [-0.2, -0.15) is 0 Å². The molecule has 0 saturated heterocycles. The lowest BCUT2D eigenvalue weighted by molar-refractivity contribution is 0.502. The molecule has 3 aromatic rings. The largest absolute Gasteiger partial charge is 0.467 e. The number of benzene rings is 1. The molecule has 0 aliphatic carbocycles. The number of hydrogen-bond acceptors (Lipinski definition) is 2. The van der Waals surface area contributed by atoms with Crippen LogP contribution in [-0.4, -0.2) is 16.6 Å². The van der Waals surface area contributed by atoms with Crippen LogP contribution in [0.1, 0.15) is 11.3 Å². The Hall–Kier alpha value is -2.27. The van der Waals surface area contributed by atoms with E-state index in [1.165, 1.54) is 16.5 Å². The Bertz CT molecular complexity index is 718. The molecule has 0 radical (unpaired) electrons. The minimum absolute atomic E-state index is 0.603. The third-order valence-electron chi connectivity index (χ3n) is 3.36. The van der Waals surface area contributed by atoms with E-state index in [-0.39, 0.29) is 0 Å². The van der Waals surface area contributed by atoms with Gasteiger partial charge in [-0.25, -0.2) is 0 Å². The molecule has 0 saturated carbocycles. The summed E-state index contributed by atoms with van der Waals surface area (Å²) in [5.41, 5.74) is 2.47. The second kappa shape index (κ2) is 6.45. The number of aromatic amines is 1. The minimum atomic E-state index is 0.603. The predicted octanol–water partition coefficient (Wildman–Crippen LogP) is 2.97. The second-order valence-corrected chi connectivity index (χ2v) is 5.21. The van der Waals surface area contributed by atoms with Crippen LogP contribution < -0.4 is 10.6 Å². The molecule has 0 aliphatic rings. The Morgan fingerprint density at radius 3 is 2.90 bits per heavy atom. The number of aromatic nitrogens is 1. The summed E-state index contributed by atoms with van der Waals surface area (Å²) in [6.45, 7) is 1.40. The minimum Gasteiger partial charge on any atom is -0.467 e. The number of fused-ring (bicyclic) bond motifs is 1. The highest BCUT2D eigenvalue weighted by atomic mass is 32.1. The van der Waals surface area contributed by atoms with Gasteiger partial charge in [0.1, 0.15) is 5.76 Å². The van der Waals surface area contributed by atoms with Crippen molar-refractivity contribution in [3.8, 4) is 0 Å². The maximum Gasteiger partial charge on any atom is 0.166 e. The summed E-state index contributed by atoms with van der Waals surface area (Å²) in [6, 6.07) is 12.1. The van der Waals surface area contributed by atoms with E-state index in [9.17, 15) is 0 Å². The second-order valence-electron chi connectivity index (χ2n) is 4.80. The molecule has 0 unspecified atom stereocenters. The van der Waals surface area contributed by atoms with Crippen molar-refractivity contribution < 1.29 is 4.42 Å². The van der Waals surface area contributed by atoms with Crippen LogP contribution >= 0.6 is 12.2 Å². The van der Waals surface area contributed by atoms with E-state index < -0.39 is 0 Å². The zero-order valence-electron chi connectivity index (χ0n) is 11.6. The zero-order valence-corrected chi connectivity index (χ0v) is 12.4. The van der Waals surface area contributed by atoms with Crippen LogP contribution in [0.3, 0.4) is 0 Å². The molecule has 2 heterocycles. The van der Waals surface area contributed by atoms with Crippen molar-refractivity contribution in [3.05, 3.63) is 60.2 Å². The molecule has 0 bridgehead atoms. The van der Waals surface area contributed by atoms with E-state index in [1.54, 1.807) is 6.26 Å². The molecule has 3 rings (SSSR count). The number of thiocarbonyl (C=S) groups is 1. The summed E-state index contributed by atoms with van der Waals surface area (Å²) in [7, 11) is 0. The summed E-state index contributed by atoms with van der Waals surface area (Å²) >= 11 is 5.25. The molecule has 4 nitrogen and oxygen atoms in total. The lowest BCUT2D eigenvalue weighted by Gasteiger charge is -2.09. The molecule has 0 atom stereocenters. The van der Waals surface area contributed by atoms with Crippen LogP contribution in [0.4, 0.5) is 0 Å². The zero-order chi connectivity index (χ0) is 14.5. The molecule has 0 amide bonds. The van der Waals surface area contributed by atoms with E-state index in [4.69, 9.17) is 16.6 Å². The number of para-hydroxylation sites is 1. The first-order chi connectivity index (χ1) is 10.3. The standard InChI is InChI=1S/C16H17N3OS/c21-16(19-11-13-4-3-9-20-13)17-8-7-12-10-18-15-6-2-1-5-14(12)15/h1-6,9-10,18H,7-8,11H2,(H2,17,19,21). The Morgan fingerprint density at radius 1 is 1.14 bits per heavy atom. The van der Waals surface area contributed by atoms with Crippen molar-refractivity contribution in [2.45, 2.75) is 13.0 Å². The average Bonchev–Trinajstić information content (AvgIpc) is 3.15. The third-order valence-corrected chi connectivity index (χ3v) is 3.65. The molecular formula is C16H17N3OS. The van der Waals surface area contributed by atoms with Crippen molar-refractivity contribution in [2.24, 2.45) is 0 Å². The van der Waals surface area contributed by atoms with Gasteiger partial charge in [0.25, 0.3) is 0 Å². The predicted molar refractivity (Wildman–Crippen MR) is 88.2 cm³/mol. The number of hydrogen-bond donors (Lipinski definition) is 3. The summed E-state index contributed by atoms with van der Waals surface area (Å²) in [5.74, 6) is 0.871. The van der Waals surface area contributed by atoms with Gasteiger partial charge in [0.15, 0.2) is 5.11 Å². The lowest BCUT2D eigenvalue weighted by atomic mass is 10.1. The average molecular weight is 299 g/mol. The molecule has 1 aromatic carbocycles. The SMILES string of the molecule is S=C(NCCc1c[nH]c2ccccc12)NCc1ccco1. The van der Waals surface area contributed by atoms with E-state index in [0.29, 0.717) is 11.7 Å². The maximum absolute atomic E-state index is 5.25.